The van der Waals surface area contributed by atoms with Crippen LogP contribution in [-0.4, -0.2) is 17.7 Å². The molecule has 0 N–H and O–H groups in total. The number of aromatic nitrogens is 1. The number of ether oxygens (including phenoxy) is 1. The summed E-state index contributed by atoms with van der Waals surface area (Å²) in [6, 6.07) is 4.02. The van der Waals surface area contributed by atoms with E-state index in [9.17, 15) is 0 Å². The first kappa shape index (κ1) is 9.20. The van der Waals surface area contributed by atoms with E-state index in [-0.39, 0.29) is 0 Å². The van der Waals surface area contributed by atoms with Gasteiger partial charge in [-0.3, -0.25) is 4.98 Å². The number of pyridine rings is 1. The van der Waals surface area contributed by atoms with E-state index in [0.29, 0.717) is 6.10 Å². The van der Waals surface area contributed by atoms with Gasteiger partial charge in [0.15, 0.2) is 0 Å². The summed E-state index contributed by atoms with van der Waals surface area (Å²) < 4.78 is 5.42. The van der Waals surface area contributed by atoms with Crippen LogP contribution in [0.15, 0.2) is 24.5 Å². The van der Waals surface area contributed by atoms with Crippen molar-refractivity contribution < 1.29 is 4.74 Å². The molecule has 2 nitrogen and oxygen atoms in total. The smallest absolute Gasteiger partial charge is 0.0587 e. The number of rotatable bonds is 4. The zero-order chi connectivity index (χ0) is 8.81. The second-order valence-electron chi connectivity index (χ2n) is 2.83. The van der Waals surface area contributed by atoms with Crippen molar-refractivity contribution in [1.29, 1.82) is 0 Å². The summed E-state index contributed by atoms with van der Waals surface area (Å²) >= 11 is 0. The molecular weight excluding hydrogens is 150 g/mol. The average Bonchev–Trinajstić information content (AvgIpc) is 2.06. The molecule has 66 valence electrons. The molecule has 12 heavy (non-hydrogen) atoms. The van der Waals surface area contributed by atoms with Crippen molar-refractivity contribution in [1.82, 2.24) is 4.98 Å². The Bertz CT molecular complexity index is 210. The van der Waals surface area contributed by atoms with Crippen LogP contribution >= 0.6 is 0 Å². The Balaban J connectivity index is 2.41. The molecule has 1 unspecified atom stereocenters. The van der Waals surface area contributed by atoms with Gasteiger partial charge in [0.05, 0.1) is 6.10 Å². The fourth-order valence-electron chi connectivity index (χ4n) is 1.19. The second kappa shape index (κ2) is 4.88. The lowest BCUT2D eigenvalue weighted by molar-refractivity contribution is 0.0768. The van der Waals surface area contributed by atoms with Crippen LogP contribution in [-0.2, 0) is 11.2 Å². The molecule has 0 amide bonds. The predicted octanol–water partition coefficient (Wildman–Crippen LogP) is 2.05. The van der Waals surface area contributed by atoms with Gasteiger partial charge in [0.2, 0.25) is 0 Å². The first-order chi connectivity index (χ1) is 5.83. The summed E-state index contributed by atoms with van der Waals surface area (Å²) in [5, 5.41) is 0. The van der Waals surface area contributed by atoms with Crippen molar-refractivity contribution in [2.24, 2.45) is 0 Å². The Hall–Kier alpha value is -0.890. The highest BCUT2D eigenvalue weighted by molar-refractivity contribution is 5.09. The van der Waals surface area contributed by atoms with Gasteiger partial charge in [0, 0.05) is 19.0 Å². The molecule has 0 fully saturated rings. The standard InChI is InChI=1S/C10H15NO/c1-3-12-9(2)7-10-5-4-6-11-8-10/h4-6,8-9H,3,7H2,1-2H3. The number of hydrogen-bond acceptors (Lipinski definition) is 2. The highest BCUT2D eigenvalue weighted by Crippen LogP contribution is 2.03. The summed E-state index contributed by atoms with van der Waals surface area (Å²) in [6.45, 7) is 4.87. The molecule has 1 heterocycles. The molecule has 0 radical (unpaired) electrons. The van der Waals surface area contributed by atoms with Gasteiger partial charge in [0.25, 0.3) is 0 Å². The van der Waals surface area contributed by atoms with Gasteiger partial charge in [-0.1, -0.05) is 6.07 Å². The van der Waals surface area contributed by atoms with E-state index in [1.165, 1.54) is 5.56 Å². The van der Waals surface area contributed by atoms with E-state index >= 15 is 0 Å². The first-order valence-corrected chi connectivity index (χ1v) is 4.33. The van der Waals surface area contributed by atoms with Crippen LogP contribution in [0.3, 0.4) is 0 Å². The van der Waals surface area contributed by atoms with Crippen LogP contribution in [0.25, 0.3) is 0 Å². The lowest BCUT2D eigenvalue weighted by Gasteiger charge is -2.10. The molecule has 1 rings (SSSR count). The van der Waals surface area contributed by atoms with Crippen molar-refractivity contribution in [3.05, 3.63) is 30.1 Å². The summed E-state index contributed by atoms with van der Waals surface area (Å²) in [7, 11) is 0. The predicted molar refractivity (Wildman–Crippen MR) is 49.0 cm³/mol. The zero-order valence-corrected chi connectivity index (χ0v) is 7.66. The Labute approximate surface area is 73.6 Å². The van der Waals surface area contributed by atoms with E-state index in [4.69, 9.17) is 4.74 Å². The first-order valence-electron chi connectivity index (χ1n) is 4.33. The van der Waals surface area contributed by atoms with Gasteiger partial charge >= 0.3 is 0 Å². The Kier molecular flexibility index (Phi) is 3.74. The Morgan fingerprint density at radius 3 is 3.00 bits per heavy atom. The second-order valence-corrected chi connectivity index (χ2v) is 2.83. The van der Waals surface area contributed by atoms with Crippen LogP contribution in [0.1, 0.15) is 19.4 Å². The SMILES string of the molecule is CCOC(C)Cc1cccnc1. The molecule has 2 heteroatoms. The molecule has 0 spiro atoms. The third-order valence-electron chi connectivity index (χ3n) is 1.70. The van der Waals surface area contributed by atoms with Gasteiger partial charge in [-0.05, 0) is 31.9 Å². The Morgan fingerprint density at radius 2 is 2.42 bits per heavy atom. The van der Waals surface area contributed by atoms with E-state index < -0.39 is 0 Å². The average molecular weight is 165 g/mol. The maximum Gasteiger partial charge on any atom is 0.0587 e. The molecule has 0 aromatic carbocycles. The molecule has 1 aromatic rings. The minimum Gasteiger partial charge on any atom is -0.378 e. The van der Waals surface area contributed by atoms with Crippen LogP contribution < -0.4 is 0 Å². The molecular formula is C10H15NO. The van der Waals surface area contributed by atoms with Crippen molar-refractivity contribution in [2.75, 3.05) is 6.61 Å². The van der Waals surface area contributed by atoms with Gasteiger partial charge in [-0.2, -0.15) is 0 Å². The fraction of sp³-hybridized carbons (Fsp3) is 0.500. The zero-order valence-electron chi connectivity index (χ0n) is 7.66. The largest absolute Gasteiger partial charge is 0.378 e. The monoisotopic (exact) mass is 165 g/mol. The van der Waals surface area contributed by atoms with Gasteiger partial charge in [-0.15, -0.1) is 0 Å². The quantitative estimate of drug-likeness (QED) is 0.681. The van der Waals surface area contributed by atoms with E-state index in [2.05, 4.69) is 18.0 Å². The van der Waals surface area contributed by atoms with Gasteiger partial charge in [0.1, 0.15) is 0 Å². The van der Waals surface area contributed by atoms with Crippen molar-refractivity contribution in [2.45, 2.75) is 26.4 Å². The number of hydrogen-bond donors (Lipinski definition) is 0. The lowest BCUT2D eigenvalue weighted by Crippen LogP contribution is -2.11. The van der Waals surface area contributed by atoms with Crippen molar-refractivity contribution in [3.8, 4) is 0 Å². The summed E-state index contributed by atoms with van der Waals surface area (Å²) in [5.74, 6) is 0. The molecule has 0 aliphatic heterocycles. The number of nitrogens with zero attached hydrogens (tertiary/aromatic N) is 1. The maximum atomic E-state index is 5.42. The van der Waals surface area contributed by atoms with E-state index in [0.717, 1.165) is 13.0 Å². The van der Waals surface area contributed by atoms with Crippen molar-refractivity contribution in [3.63, 3.8) is 0 Å². The highest BCUT2D eigenvalue weighted by Gasteiger charge is 2.01. The van der Waals surface area contributed by atoms with Crippen LogP contribution in [0.4, 0.5) is 0 Å². The molecule has 0 bridgehead atoms. The molecule has 1 aromatic heterocycles. The van der Waals surface area contributed by atoms with Crippen LogP contribution in [0.2, 0.25) is 0 Å². The molecule has 0 aliphatic rings. The van der Waals surface area contributed by atoms with E-state index in [1.807, 2.05) is 19.2 Å². The summed E-state index contributed by atoms with van der Waals surface area (Å²) in [5.41, 5.74) is 1.23. The highest BCUT2D eigenvalue weighted by atomic mass is 16.5. The third-order valence-corrected chi connectivity index (χ3v) is 1.70. The fourth-order valence-corrected chi connectivity index (χ4v) is 1.19. The molecule has 0 aliphatic carbocycles. The lowest BCUT2D eigenvalue weighted by atomic mass is 10.1. The van der Waals surface area contributed by atoms with Gasteiger partial charge < -0.3 is 4.74 Å². The van der Waals surface area contributed by atoms with Crippen LogP contribution in [0, 0.1) is 0 Å². The normalized spacial score (nSPS) is 12.8. The summed E-state index contributed by atoms with van der Waals surface area (Å²) in [4.78, 5) is 4.04. The summed E-state index contributed by atoms with van der Waals surface area (Å²) in [6.07, 6.45) is 4.91. The van der Waals surface area contributed by atoms with Crippen molar-refractivity contribution >= 4 is 0 Å². The van der Waals surface area contributed by atoms with Crippen LogP contribution in [0.5, 0.6) is 0 Å². The maximum absolute atomic E-state index is 5.42. The topological polar surface area (TPSA) is 22.1 Å². The Morgan fingerprint density at radius 1 is 1.58 bits per heavy atom. The molecule has 1 atom stereocenters. The van der Waals surface area contributed by atoms with E-state index in [1.54, 1.807) is 6.20 Å². The van der Waals surface area contributed by atoms with Gasteiger partial charge in [-0.25, -0.2) is 0 Å². The molecule has 0 saturated heterocycles. The minimum absolute atomic E-state index is 0.291. The third kappa shape index (κ3) is 3.01. The molecule has 0 saturated carbocycles. The minimum atomic E-state index is 0.291.